The second-order valence-electron chi connectivity index (χ2n) is 3.70. The molecule has 0 radical (unpaired) electrons. The van der Waals surface area contributed by atoms with Crippen molar-refractivity contribution in [3.63, 3.8) is 0 Å². The third-order valence-corrected chi connectivity index (χ3v) is 2.42. The number of aliphatic carboxylic acids is 1. The molecule has 2 atom stereocenters. The lowest BCUT2D eigenvalue weighted by Gasteiger charge is -2.14. The molecular formula is C12H15NO3. The van der Waals surface area contributed by atoms with Crippen molar-refractivity contribution < 1.29 is 14.7 Å². The highest BCUT2D eigenvalue weighted by Gasteiger charge is 2.19. The van der Waals surface area contributed by atoms with Gasteiger partial charge in [-0.3, -0.25) is 9.59 Å². The van der Waals surface area contributed by atoms with Gasteiger partial charge in [0.1, 0.15) is 6.04 Å². The van der Waals surface area contributed by atoms with E-state index in [9.17, 15) is 9.59 Å². The van der Waals surface area contributed by atoms with E-state index >= 15 is 0 Å². The minimum absolute atomic E-state index is 0.277. The lowest BCUT2D eigenvalue weighted by molar-refractivity contribution is -0.141. The lowest BCUT2D eigenvalue weighted by Crippen LogP contribution is -2.40. The van der Waals surface area contributed by atoms with Crippen molar-refractivity contribution in [3.8, 4) is 0 Å². The summed E-state index contributed by atoms with van der Waals surface area (Å²) in [6.07, 6.45) is 0. The Kier molecular flexibility index (Phi) is 4.05. The minimum Gasteiger partial charge on any atom is -0.480 e. The first-order valence-corrected chi connectivity index (χ1v) is 5.10. The standard InChI is InChI=1S/C12H15NO3/c1-8(10-6-4-3-5-7-10)11(14)13-9(2)12(15)16/h3-9H,1-2H3,(H,13,14)(H,15,16)/t8-,9?/m0/s1. The first kappa shape index (κ1) is 12.2. The van der Waals surface area contributed by atoms with E-state index in [-0.39, 0.29) is 11.8 Å². The number of amides is 1. The molecule has 0 aliphatic carbocycles. The Bertz CT molecular complexity index is 375. The second kappa shape index (κ2) is 5.30. The van der Waals surface area contributed by atoms with Crippen molar-refractivity contribution in [1.29, 1.82) is 0 Å². The van der Waals surface area contributed by atoms with Crippen LogP contribution in [0.5, 0.6) is 0 Å². The molecule has 0 aliphatic rings. The van der Waals surface area contributed by atoms with Crippen molar-refractivity contribution in [2.24, 2.45) is 0 Å². The van der Waals surface area contributed by atoms with E-state index in [1.165, 1.54) is 6.92 Å². The first-order valence-electron chi connectivity index (χ1n) is 5.10. The molecule has 1 amide bonds. The van der Waals surface area contributed by atoms with E-state index in [1.807, 2.05) is 30.3 Å². The van der Waals surface area contributed by atoms with Gasteiger partial charge >= 0.3 is 5.97 Å². The van der Waals surface area contributed by atoms with Crippen molar-refractivity contribution in [2.75, 3.05) is 0 Å². The number of hydrogen-bond acceptors (Lipinski definition) is 2. The van der Waals surface area contributed by atoms with Crippen LogP contribution in [-0.4, -0.2) is 23.0 Å². The molecular weight excluding hydrogens is 206 g/mol. The third kappa shape index (κ3) is 3.08. The van der Waals surface area contributed by atoms with Gasteiger partial charge in [0.05, 0.1) is 5.92 Å². The van der Waals surface area contributed by atoms with Gasteiger partial charge in [-0.1, -0.05) is 30.3 Å². The summed E-state index contributed by atoms with van der Waals surface area (Å²) in [4.78, 5) is 22.3. The van der Waals surface area contributed by atoms with Crippen molar-refractivity contribution in [3.05, 3.63) is 35.9 Å². The average molecular weight is 221 g/mol. The van der Waals surface area contributed by atoms with E-state index < -0.39 is 12.0 Å². The van der Waals surface area contributed by atoms with Crippen LogP contribution in [0.15, 0.2) is 30.3 Å². The monoisotopic (exact) mass is 221 g/mol. The molecule has 0 aromatic heterocycles. The summed E-state index contributed by atoms with van der Waals surface area (Å²) in [7, 11) is 0. The van der Waals surface area contributed by atoms with Gasteiger partial charge in [0.25, 0.3) is 0 Å². The number of carbonyl (C=O) groups excluding carboxylic acids is 1. The summed E-state index contributed by atoms with van der Waals surface area (Å²) in [5, 5.41) is 11.1. The number of carboxylic acids is 1. The minimum atomic E-state index is -1.03. The molecule has 0 heterocycles. The Morgan fingerprint density at radius 2 is 1.75 bits per heavy atom. The summed E-state index contributed by atoms with van der Waals surface area (Å²) in [5.74, 6) is -1.65. The highest BCUT2D eigenvalue weighted by Crippen LogP contribution is 2.14. The quantitative estimate of drug-likeness (QED) is 0.807. The fraction of sp³-hybridized carbons (Fsp3) is 0.333. The molecule has 1 aromatic rings. The Morgan fingerprint density at radius 3 is 2.25 bits per heavy atom. The Morgan fingerprint density at radius 1 is 1.19 bits per heavy atom. The number of nitrogens with one attached hydrogen (secondary N) is 1. The fourth-order valence-corrected chi connectivity index (χ4v) is 1.29. The summed E-state index contributed by atoms with van der Waals surface area (Å²) in [6, 6.07) is 8.39. The normalized spacial score (nSPS) is 13.9. The first-order chi connectivity index (χ1) is 7.52. The molecule has 1 unspecified atom stereocenters. The summed E-state index contributed by atoms with van der Waals surface area (Å²) < 4.78 is 0. The van der Waals surface area contributed by atoms with Crippen LogP contribution in [0.25, 0.3) is 0 Å². The van der Waals surface area contributed by atoms with Crippen LogP contribution >= 0.6 is 0 Å². The molecule has 4 heteroatoms. The molecule has 0 aliphatic heterocycles. The van der Waals surface area contributed by atoms with Crippen LogP contribution in [0.3, 0.4) is 0 Å². The predicted molar refractivity (Wildman–Crippen MR) is 60.1 cm³/mol. The number of rotatable bonds is 4. The van der Waals surface area contributed by atoms with Crippen LogP contribution in [0.1, 0.15) is 25.3 Å². The molecule has 16 heavy (non-hydrogen) atoms. The maximum absolute atomic E-state index is 11.7. The van der Waals surface area contributed by atoms with Crippen LogP contribution in [0.2, 0.25) is 0 Å². The number of benzene rings is 1. The summed E-state index contributed by atoms with van der Waals surface area (Å²) >= 11 is 0. The van der Waals surface area contributed by atoms with Gasteiger partial charge < -0.3 is 10.4 Å². The third-order valence-electron chi connectivity index (χ3n) is 2.42. The lowest BCUT2D eigenvalue weighted by atomic mass is 10.0. The van der Waals surface area contributed by atoms with Crippen LogP contribution in [-0.2, 0) is 9.59 Å². The Hall–Kier alpha value is -1.84. The van der Waals surface area contributed by atoms with Crippen LogP contribution in [0.4, 0.5) is 0 Å². The predicted octanol–water partition coefficient (Wildman–Crippen LogP) is 1.38. The van der Waals surface area contributed by atoms with Gasteiger partial charge in [0, 0.05) is 0 Å². The SMILES string of the molecule is CC(NC(=O)[C@@H](C)c1ccccc1)C(=O)O. The van der Waals surface area contributed by atoms with Gasteiger partial charge in [0.2, 0.25) is 5.91 Å². The van der Waals surface area contributed by atoms with Gasteiger partial charge in [-0.15, -0.1) is 0 Å². The highest BCUT2D eigenvalue weighted by molar-refractivity contribution is 5.87. The van der Waals surface area contributed by atoms with E-state index in [0.717, 1.165) is 5.56 Å². The number of hydrogen-bond donors (Lipinski definition) is 2. The van der Waals surface area contributed by atoms with Crippen LogP contribution in [0, 0.1) is 0 Å². The maximum Gasteiger partial charge on any atom is 0.325 e. The van der Waals surface area contributed by atoms with E-state index in [2.05, 4.69) is 5.32 Å². The zero-order valence-corrected chi connectivity index (χ0v) is 9.31. The molecule has 0 fully saturated rings. The second-order valence-corrected chi connectivity index (χ2v) is 3.70. The van der Waals surface area contributed by atoms with Crippen LogP contribution < -0.4 is 5.32 Å². The molecule has 1 rings (SSSR count). The summed E-state index contributed by atoms with van der Waals surface area (Å²) in [5.41, 5.74) is 0.873. The Balaban J connectivity index is 2.65. The van der Waals surface area contributed by atoms with Crippen molar-refractivity contribution in [2.45, 2.75) is 25.8 Å². The topological polar surface area (TPSA) is 66.4 Å². The smallest absolute Gasteiger partial charge is 0.325 e. The molecule has 0 spiro atoms. The van der Waals surface area contributed by atoms with Gasteiger partial charge in [0.15, 0.2) is 0 Å². The van der Waals surface area contributed by atoms with Gasteiger partial charge in [-0.25, -0.2) is 0 Å². The maximum atomic E-state index is 11.7. The van der Waals surface area contributed by atoms with Gasteiger partial charge in [-0.05, 0) is 19.4 Å². The molecule has 4 nitrogen and oxygen atoms in total. The largest absolute Gasteiger partial charge is 0.480 e. The highest BCUT2D eigenvalue weighted by atomic mass is 16.4. The summed E-state index contributed by atoms with van der Waals surface area (Å²) in [6.45, 7) is 3.19. The molecule has 1 aromatic carbocycles. The van der Waals surface area contributed by atoms with Gasteiger partial charge in [-0.2, -0.15) is 0 Å². The van der Waals surface area contributed by atoms with E-state index in [4.69, 9.17) is 5.11 Å². The van der Waals surface area contributed by atoms with Crippen molar-refractivity contribution in [1.82, 2.24) is 5.32 Å². The van der Waals surface area contributed by atoms with E-state index in [0.29, 0.717) is 0 Å². The fourth-order valence-electron chi connectivity index (χ4n) is 1.29. The average Bonchev–Trinajstić information content (AvgIpc) is 2.28. The number of carbonyl (C=O) groups is 2. The molecule has 86 valence electrons. The molecule has 0 saturated heterocycles. The zero-order valence-electron chi connectivity index (χ0n) is 9.31. The Labute approximate surface area is 94.3 Å². The van der Waals surface area contributed by atoms with E-state index in [1.54, 1.807) is 6.92 Å². The molecule has 0 saturated carbocycles. The molecule has 2 N–H and O–H groups in total. The zero-order chi connectivity index (χ0) is 12.1. The van der Waals surface area contributed by atoms with Crippen molar-refractivity contribution >= 4 is 11.9 Å². The molecule has 0 bridgehead atoms. The number of carboxylic acid groups (broad SMARTS) is 1.